The zero-order valence-corrected chi connectivity index (χ0v) is 12.3. The number of fused-ring (bicyclic) bond motifs is 1. The minimum Gasteiger partial charge on any atom is -0.356 e. The molecular formula is C21H17N. The van der Waals surface area contributed by atoms with E-state index in [9.17, 15) is 0 Å². The van der Waals surface area contributed by atoms with E-state index in [0.29, 0.717) is 0 Å². The van der Waals surface area contributed by atoms with Gasteiger partial charge in [0.05, 0.1) is 0 Å². The van der Waals surface area contributed by atoms with Gasteiger partial charge in [-0.1, -0.05) is 60.7 Å². The van der Waals surface area contributed by atoms with Crippen molar-refractivity contribution in [1.82, 2.24) is 0 Å². The van der Waals surface area contributed by atoms with Gasteiger partial charge in [0.15, 0.2) is 0 Å². The topological polar surface area (TPSA) is 12.0 Å². The molecule has 22 heavy (non-hydrogen) atoms. The Bertz CT molecular complexity index is 831. The van der Waals surface area contributed by atoms with Gasteiger partial charge in [-0.2, -0.15) is 0 Å². The maximum Gasteiger partial charge on any atom is 0.0390 e. The molecule has 0 aliphatic heterocycles. The highest BCUT2D eigenvalue weighted by atomic mass is 14.9. The minimum atomic E-state index is 1.02. The Morgan fingerprint density at radius 2 is 1.45 bits per heavy atom. The Labute approximate surface area is 130 Å². The van der Waals surface area contributed by atoms with Crippen molar-refractivity contribution in [3.05, 3.63) is 95.6 Å². The van der Waals surface area contributed by atoms with E-state index in [2.05, 4.69) is 72.1 Å². The maximum atomic E-state index is 3.46. The van der Waals surface area contributed by atoms with Crippen LogP contribution in [0.1, 0.15) is 16.7 Å². The fourth-order valence-electron chi connectivity index (χ4n) is 2.95. The van der Waals surface area contributed by atoms with E-state index in [1.165, 1.54) is 22.3 Å². The summed E-state index contributed by atoms with van der Waals surface area (Å²) in [7, 11) is 0. The molecule has 0 fully saturated rings. The summed E-state index contributed by atoms with van der Waals surface area (Å²) in [5.41, 5.74) is 7.68. The first-order chi connectivity index (χ1) is 10.9. The van der Waals surface area contributed by atoms with Crippen LogP contribution in [-0.4, -0.2) is 0 Å². The Hall–Kier alpha value is -2.80. The second-order valence-electron chi connectivity index (χ2n) is 5.62. The van der Waals surface area contributed by atoms with E-state index >= 15 is 0 Å². The molecule has 3 aromatic carbocycles. The quantitative estimate of drug-likeness (QED) is 0.666. The van der Waals surface area contributed by atoms with Crippen LogP contribution >= 0.6 is 0 Å². The normalized spacial score (nSPS) is 12.6. The van der Waals surface area contributed by atoms with Crippen molar-refractivity contribution in [2.24, 2.45) is 0 Å². The molecule has 1 aliphatic rings. The van der Waals surface area contributed by atoms with Gasteiger partial charge in [-0.25, -0.2) is 0 Å². The van der Waals surface area contributed by atoms with Crippen molar-refractivity contribution in [3.8, 4) is 0 Å². The zero-order chi connectivity index (χ0) is 14.8. The van der Waals surface area contributed by atoms with E-state index in [4.69, 9.17) is 0 Å². The lowest BCUT2D eigenvalue weighted by atomic mass is 10.0. The lowest BCUT2D eigenvalue weighted by Crippen LogP contribution is -1.92. The molecule has 106 valence electrons. The molecular weight excluding hydrogens is 266 g/mol. The smallest absolute Gasteiger partial charge is 0.0390 e. The first-order valence-corrected chi connectivity index (χ1v) is 7.59. The lowest BCUT2D eigenvalue weighted by Gasteiger charge is -2.09. The Morgan fingerprint density at radius 1 is 0.682 bits per heavy atom. The molecule has 1 N–H and O–H groups in total. The molecule has 0 saturated carbocycles. The summed E-state index contributed by atoms with van der Waals surface area (Å²) in [6.07, 6.45) is 3.32. The molecule has 0 spiro atoms. The molecule has 3 aromatic rings. The van der Waals surface area contributed by atoms with Crippen LogP contribution in [0.5, 0.6) is 0 Å². The van der Waals surface area contributed by atoms with Crippen molar-refractivity contribution < 1.29 is 0 Å². The summed E-state index contributed by atoms with van der Waals surface area (Å²) in [5.74, 6) is 0. The first kappa shape index (κ1) is 12.9. The van der Waals surface area contributed by atoms with E-state index in [0.717, 1.165) is 17.8 Å². The second kappa shape index (κ2) is 5.53. The van der Waals surface area contributed by atoms with Crippen LogP contribution in [-0.2, 0) is 6.42 Å². The van der Waals surface area contributed by atoms with Crippen LogP contribution in [0.25, 0.3) is 11.6 Å². The Kier molecular flexibility index (Phi) is 3.24. The molecule has 1 aliphatic carbocycles. The summed E-state index contributed by atoms with van der Waals surface area (Å²) in [5, 5.41) is 3.46. The monoisotopic (exact) mass is 283 g/mol. The fourth-order valence-corrected chi connectivity index (χ4v) is 2.95. The third-order valence-electron chi connectivity index (χ3n) is 4.06. The average molecular weight is 283 g/mol. The average Bonchev–Trinajstić information content (AvgIpc) is 3.00. The minimum absolute atomic E-state index is 1.02. The Morgan fingerprint density at radius 3 is 2.32 bits per heavy atom. The van der Waals surface area contributed by atoms with E-state index < -0.39 is 0 Å². The molecule has 0 saturated heterocycles. The van der Waals surface area contributed by atoms with Crippen molar-refractivity contribution >= 4 is 23.0 Å². The first-order valence-electron chi connectivity index (χ1n) is 7.59. The number of hydrogen-bond donors (Lipinski definition) is 1. The number of anilines is 2. The maximum absolute atomic E-state index is 3.46. The molecule has 0 heterocycles. The fraction of sp³-hybridized carbons (Fsp3) is 0.0476. The number of hydrogen-bond acceptors (Lipinski definition) is 1. The molecule has 0 radical (unpaired) electrons. The van der Waals surface area contributed by atoms with E-state index in [1.54, 1.807) is 0 Å². The van der Waals surface area contributed by atoms with Gasteiger partial charge in [-0.15, -0.1) is 0 Å². The van der Waals surface area contributed by atoms with E-state index in [1.807, 2.05) is 18.2 Å². The van der Waals surface area contributed by atoms with Gasteiger partial charge in [0.2, 0.25) is 0 Å². The zero-order valence-electron chi connectivity index (χ0n) is 12.3. The molecule has 0 unspecified atom stereocenters. The molecule has 0 aromatic heterocycles. The second-order valence-corrected chi connectivity index (χ2v) is 5.62. The van der Waals surface area contributed by atoms with Crippen molar-refractivity contribution in [1.29, 1.82) is 0 Å². The van der Waals surface area contributed by atoms with Crippen LogP contribution in [0.3, 0.4) is 0 Å². The largest absolute Gasteiger partial charge is 0.356 e. The number of benzene rings is 3. The predicted octanol–water partition coefficient (Wildman–Crippen LogP) is 5.53. The summed E-state index contributed by atoms with van der Waals surface area (Å²) >= 11 is 0. The number of allylic oxidation sites excluding steroid dienone is 1. The van der Waals surface area contributed by atoms with Gasteiger partial charge in [-0.3, -0.25) is 0 Å². The summed E-state index contributed by atoms with van der Waals surface area (Å²) in [4.78, 5) is 0. The third-order valence-corrected chi connectivity index (χ3v) is 4.06. The van der Waals surface area contributed by atoms with Crippen molar-refractivity contribution in [3.63, 3.8) is 0 Å². The summed E-state index contributed by atoms with van der Waals surface area (Å²) in [6.45, 7) is 0. The van der Waals surface area contributed by atoms with E-state index in [-0.39, 0.29) is 0 Å². The van der Waals surface area contributed by atoms with Crippen LogP contribution in [0, 0.1) is 0 Å². The van der Waals surface area contributed by atoms with Crippen molar-refractivity contribution in [2.75, 3.05) is 5.32 Å². The van der Waals surface area contributed by atoms with Crippen LogP contribution in [0.15, 0.2) is 78.9 Å². The molecule has 0 bridgehead atoms. The number of nitrogens with one attached hydrogen (secondary N) is 1. The highest BCUT2D eigenvalue weighted by Crippen LogP contribution is 2.32. The lowest BCUT2D eigenvalue weighted by molar-refractivity contribution is 1.31. The van der Waals surface area contributed by atoms with Crippen molar-refractivity contribution in [2.45, 2.75) is 6.42 Å². The number of para-hydroxylation sites is 1. The van der Waals surface area contributed by atoms with Gasteiger partial charge >= 0.3 is 0 Å². The van der Waals surface area contributed by atoms with Gasteiger partial charge in [0, 0.05) is 11.4 Å². The molecule has 4 rings (SSSR count). The van der Waals surface area contributed by atoms with Gasteiger partial charge < -0.3 is 5.32 Å². The standard InChI is InChI=1S/C21H17N/c1-2-10-20(11-3-1)22-21-12-6-9-18(15-21)19-13-16-7-4-5-8-17(16)14-19/h1-13,15,22H,14H2. The highest BCUT2D eigenvalue weighted by Gasteiger charge is 2.13. The third kappa shape index (κ3) is 2.53. The van der Waals surface area contributed by atoms with Gasteiger partial charge in [-0.05, 0) is 52.9 Å². The van der Waals surface area contributed by atoms with Crippen LogP contribution in [0.4, 0.5) is 11.4 Å². The van der Waals surface area contributed by atoms with Gasteiger partial charge in [0.1, 0.15) is 0 Å². The summed E-state index contributed by atoms with van der Waals surface area (Å²) < 4.78 is 0. The van der Waals surface area contributed by atoms with Gasteiger partial charge in [0.25, 0.3) is 0 Å². The predicted molar refractivity (Wildman–Crippen MR) is 94.2 cm³/mol. The SMILES string of the molecule is C1=C(c2cccc(Nc3ccccc3)c2)Cc2ccccc21. The molecule has 1 nitrogen and oxygen atoms in total. The molecule has 1 heteroatoms. The highest BCUT2D eigenvalue weighted by molar-refractivity contribution is 5.89. The summed E-state index contributed by atoms with van der Waals surface area (Å²) in [6, 6.07) is 27.5. The number of rotatable bonds is 3. The Balaban J connectivity index is 1.61. The van der Waals surface area contributed by atoms with Crippen LogP contribution < -0.4 is 5.32 Å². The molecule has 0 atom stereocenters. The van der Waals surface area contributed by atoms with Crippen LogP contribution in [0.2, 0.25) is 0 Å². The molecule has 0 amide bonds.